The first kappa shape index (κ1) is 35.3. The minimum absolute atomic E-state index is 0.0126. The first-order valence-corrected chi connectivity index (χ1v) is 17.6. The summed E-state index contributed by atoms with van der Waals surface area (Å²) in [6.07, 6.45) is 6.69. The van der Waals surface area contributed by atoms with Gasteiger partial charge in [0.15, 0.2) is 0 Å². The largest absolute Gasteiger partial charge is 0.444 e. The number of amides is 4. The van der Waals surface area contributed by atoms with E-state index in [0.717, 1.165) is 62.5 Å². The number of rotatable bonds is 8. The Morgan fingerprint density at radius 2 is 1.51 bits per heavy atom. The molecule has 3 aliphatic carbocycles. The molecule has 3 fully saturated rings. The topological polar surface area (TPSA) is 99.8 Å². The molecule has 2 saturated carbocycles. The predicted octanol–water partition coefficient (Wildman–Crippen LogP) is 7.74. The van der Waals surface area contributed by atoms with E-state index in [0.29, 0.717) is 30.4 Å². The van der Waals surface area contributed by atoms with E-state index in [1.165, 1.54) is 17.7 Å². The molecule has 4 amide bonds. The van der Waals surface area contributed by atoms with Gasteiger partial charge in [0.25, 0.3) is 0 Å². The van der Waals surface area contributed by atoms with E-state index in [1.807, 2.05) is 32.0 Å². The highest BCUT2D eigenvalue weighted by molar-refractivity contribution is 5.97. The average molecular weight is 663 g/mol. The number of anilines is 1. The van der Waals surface area contributed by atoms with E-state index in [2.05, 4.69) is 16.0 Å². The Morgan fingerprint density at radius 3 is 2.02 bits per heavy atom. The number of hydrogen-bond donors (Lipinski definition) is 3. The summed E-state index contributed by atoms with van der Waals surface area (Å²) in [7, 11) is 0. The molecule has 3 atom stereocenters. The number of alkyl halides is 3. The van der Waals surface area contributed by atoms with Crippen molar-refractivity contribution < 1.29 is 32.3 Å². The molecule has 4 aliphatic rings. The molecule has 5 rings (SSSR count). The van der Waals surface area contributed by atoms with Crippen LogP contribution in [0.5, 0.6) is 0 Å². The predicted molar refractivity (Wildman–Crippen MR) is 175 cm³/mol. The summed E-state index contributed by atoms with van der Waals surface area (Å²) in [5.41, 5.74) is 0.877. The van der Waals surface area contributed by atoms with Crippen molar-refractivity contribution in [2.45, 2.75) is 141 Å². The molecule has 1 heterocycles. The van der Waals surface area contributed by atoms with Gasteiger partial charge in [-0.3, -0.25) is 4.79 Å². The number of hydrogen-bond acceptors (Lipinski definition) is 4. The highest BCUT2D eigenvalue weighted by atomic mass is 19.4. The lowest BCUT2D eigenvalue weighted by molar-refractivity contribution is -0.151. The van der Waals surface area contributed by atoms with E-state index >= 15 is 0 Å². The molecular formula is C36H53F3N4O4. The third-order valence-electron chi connectivity index (χ3n) is 11.1. The number of ether oxygens (including phenoxy) is 1. The third kappa shape index (κ3) is 8.02. The molecule has 3 N–H and O–H groups in total. The molecule has 2 unspecified atom stereocenters. The van der Waals surface area contributed by atoms with Crippen LogP contribution in [0.4, 0.5) is 28.4 Å². The monoisotopic (exact) mass is 662 g/mol. The maximum atomic E-state index is 14.3. The summed E-state index contributed by atoms with van der Waals surface area (Å²) >= 11 is 0. The Balaban J connectivity index is 1.40. The summed E-state index contributed by atoms with van der Waals surface area (Å²) in [6.45, 7) is 8.85. The average Bonchev–Trinajstić information content (AvgIpc) is 3.58. The minimum atomic E-state index is -4.53. The van der Waals surface area contributed by atoms with Gasteiger partial charge in [-0.2, -0.15) is 13.2 Å². The van der Waals surface area contributed by atoms with E-state index in [1.54, 1.807) is 20.8 Å². The SMILES string of the molecule is CC(C)C1(N2CC(C(F)(F)F)NC2=O)Cc2ccc(NC(=O)[C@@H](NC(=O)OC(C)(C)C)C(C3CCCCC3)C3CCCCC3)cc2C1. The normalized spacial score (nSPS) is 25.1. The number of carbonyl (C=O) groups excluding carboxylic acids is 3. The lowest BCUT2D eigenvalue weighted by Gasteiger charge is -2.42. The van der Waals surface area contributed by atoms with Crippen molar-refractivity contribution in [3.8, 4) is 0 Å². The Bertz CT molecular complexity index is 1280. The maximum absolute atomic E-state index is 14.3. The van der Waals surface area contributed by atoms with Gasteiger partial charge in [0, 0.05) is 5.69 Å². The second-order valence-corrected chi connectivity index (χ2v) is 15.7. The van der Waals surface area contributed by atoms with Gasteiger partial charge in [-0.25, -0.2) is 9.59 Å². The second kappa shape index (κ2) is 13.9. The van der Waals surface area contributed by atoms with Crippen LogP contribution in [0.15, 0.2) is 18.2 Å². The Hall–Kier alpha value is -2.98. The van der Waals surface area contributed by atoms with Gasteiger partial charge in [-0.05, 0) is 80.5 Å². The van der Waals surface area contributed by atoms with Crippen molar-refractivity contribution in [2.75, 3.05) is 11.9 Å². The Morgan fingerprint density at radius 1 is 0.936 bits per heavy atom. The number of urea groups is 1. The number of nitrogens with one attached hydrogen (secondary N) is 3. The van der Waals surface area contributed by atoms with E-state index in [4.69, 9.17) is 4.74 Å². The first-order chi connectivity index (χ1) is 22.1. The summed E-state index contributed by atoms with van der Waals surface area (Å²) in [6, 6.07) is 2.23. The molecule has 1 aromatic carbocycles. The van der Waals surface area contributed by atoms with Gasteiger partial charge >= 0.3 is 18.3 Å². The van der Waals surface area contributed by atoms with E-state index in [9.17, 15) is 27.6 Å². The van der Waals surface area contributed by atoms with Gasteiger partial charge in [0.1, 0.15) is 17.7 Å². The highest BCUT2D eigenvalue weighted by Gasteiger charge is 2.55. The zero-order chi connectivity index (χ0) is 34.1. The Labute approximate surface area is 277 Å². The molecule has 262 valence electrons. The fourth-order valence-electron chi connectivity index (χ4n) is 8.74. The molecule has 1 aliphatic heterocycles. The molecular weight excluding hydrogens is 609 g/mol. The van der Waals surface area contributed by atoms with Crippen LogP contribution in [0.3, 0.4) is 0 Å². The molecule has 1 saturated heterocycles. The smallest absolute Gasteiger partial charge is 0.410 e. The van der Waals surface area contributed by atoms with Gasteiger partial charge < -0.3 is 25.6 Å². The van der Waals surface area contributed by atoms with Gasteiger partial charge in [0.2, 0.25) is 5.91 Å². The number of carbonyl (C=O) groups is 3. The summed E-state index contributed by atoms with van der Waals surface area (Å²) in [5.74, 6) is 0.255. The van der Waals surface area contributed by atoms with Crippen molar-refractivity contribution in [1.29, 1.82) is 0 Å². The lowest BCUT2D eigenvalue weighted by atomic mass is 9.66. The van der Waals surface area contributed by atoms with Crippen LogP contribution < -0.4 is 16.0 Å². The Kier molecular flexibility index (Phi) is 10.4. The summed E-state index contributed by atoms with van der Waals surface area (Å²) in [5, 5.41) is 8.25. The number of benzene rings is 1. The number of fused-ring (bicyclic) bond motifs is 1. The molecule has 1 aromatic rings. The molecule has 0 radical (unpaired) electrons. The molecule has 0 bridgehead atoms. The first-order valence-electron chi connectivity index (χ1n) is 17.6. The summed E-state index contributed by atoms with van der Waals surface area (Å²) in [4.78, 5) is 41.8. The molecule has 0 aromatic heterocycles. The van der Waals surface area contributed by atoms with Crippen molar-refractivity contribution in [3.05, 3.63) is 29.3 Å². The number of nitrogens with zero attached hydrogens (tertiary/aromatic N) is 1. The summed E-state index contributed by atoms with van der Waals surface area (Å²) < 4.78 is 46.3. The van der Waals surface area contributed by atoms with Crippen LogP contribution >= 0.6 is 0 Å². The van der Waals surface area contributed by atoms with Crippen LogP contribution in [0.2, 0.25) is 0 Å². The van der Waals surface area contributed by atoms with Crippen molar-refractivity contribution in [1.82, 2.24) is 15.5 Å². The standard InChI is InChI=1S/C36H53F3N4O4/c1-22(2)35(43-21-28(36(37,38)39)41-32(43)45)19-25-16-17-27(18-26(25)20-35)40-31(44)30(42-33(46)47-34(3,4)5)29(23-12-8-6-9-13-23)24-14-10-7-11-15-24/h16-18,22-24,28-30H,6-15,19-21H2,1-5H3,(H,40,44)(H,41,45)(H,42,46)/t28?,30-,35?/m0/s1. The minimum Gasteiger partial charge on any atom is -0.444 e. The fourth-order valence-corrected chi connectivity index (χ4v) is 8.74. The number of halogens is 3. The van der Waals surface area contributed by atoms with E-state index in [-0.39, 0.29) is 17.7 Å². The van der Waals surface area contributed by atoms with Gasteiger partial charge in [-0.1, -0.05) is 84.1 Å². The quantitative estimate of drug-likeness (QED) is 0.265. The molecule has 8 nitrogen and oxygen atoms in total. The van der Waals surface area contributed by atoms with Crippen LogP contribution in [0, 0.1) is 23.7 Å². The number of alkyl carbamates (subject to hydrolysis) is 1. The fraction of sp³-hybridized carbons (Fsp3) is 0.750. The van der Waals surface area contributed by atoms with Crippen molar-refractivity contribution in [2.24, 2.45) is 23.7 Å². The van der Waals surface area contributed by atoms with Gasteiger partial charge in [0.05, 0.1) is 12.1 Å². The second-order valence-electron chi connectivity index (χ2n) is 15.7. The van der Waals surface area contributed by atoms with E-state index < -0.39 is 48.1 Å². The van der Waals surface area contributed by atoms with Crippen LogP contribution in [0.25, 0.3) is 0 Å². The lowest BCUT2D eigenvalue weighted by Crippen LogP contribution is -2.55. The van der Waals surface area contributed by atoms with Gasteiger partial charge in [-0.15, -0.1) is 0 Å². The van der Waals surface area contributed by atoms with Crippen molar-refractivity contribution in [3.63, 3.8) is 0 Å². The zero-order valence-corrected chi connectivity index (χ0v) is 28.6. The maximum Gasteiger partial charge on any atom is 0.410 e. The van der Waals surface area contributed by atoms with Crippen LogP contribution in [0.1, 0.15) is 110 Å². The zero-order valence-electron chi connectivity index (χ0n) is 28.6. The third-order valence-corrected chi connectivity index (χ3v) is 11.1. The molecule has 47 heavy (non-hydrogen) atoms. The van der Waals surface area contributed by atoms with Crippen LogP contribution in [-0.2, 0) is 22.4 Å². The van der Waals surface area contributed by atoms with Crippen LogP contribution in [-0.4, -0.2) is 58.9 Å². The highest BCUT2D eigenvalue weighted by Crippen LogP contribution is 2.44. The molecule has 0 spiro atoms. The van der Waals surface area contributed by atoms with Crippen molar-refractivity contribution >= 4 is 23.7 Å². The molecule has 11 heteroatoms.